The zero-order chi connectivity index (χ0) is 12.1. The van der Waals surface area contributed by atoms with Gasteiger partial charge in [0.05, 0.1) is 0 Å². The summed E-state index contributed by atoms with van der Waals surface area (Å²) < 4.78 is 1.12. The van der Waals surface area contributed by atoms with Gasteiger partial charge in [-0.2, -0.15) is 5.26 Å². The summed E-state index contributed by atoms with van der Waals surface area (Å²) in [5, 5.41) is 12.1. The van der Waals surface area contributed by atoms with Crippen molar-refractivity contribution in [3.8, 4) is 6.07 Å². The Balaban J connectivity index is 1.88. The fraction of sp³-hybridized carbons (Fsp3) is 0.154. The van der Waals surface area contributed by atoms with Crippen molar-refractivity contribution in [2.75, 3.05) is 0 Å². The molecule has 0 bridgehead atoms. The average molecular weight is 307 g/mol. The highest BCUT2D eigenvalue weighted by molar-refractivity contribution is 9.10. The molecule has 4 heteroatoms. The molecule has 0 saturated carbocycles. The van der Waals surface area contributed by atoms with E-state index in [1.807, 2.05) is 30.3 Å². The zero-order valence-corrected chi connectivity index (χ0v) is 11.5. The van der Waals surface area contributed by atoms with Gasteiger partial charge in [-0.1, -0.05) is 34.1 Å². The van der Waals surface area contributed by atoms with Crippen molar-refractivity contribution in [1.29, 1.82) is 5.26 Å². The number of nitrogens with zero attached hydrogens (tertiary/aromatic N) is 1. The smallest absolute Gasteiger partial charge is 0.110 e. The molecule has 0 aliphatic carbocycles. The van der Waals surface area contributed by atoms with Crippen LogP contribution in [0.1, 0.15) is 15.3 Å². The molecule has 0 aliphatic rings. The Labute approximate surface area is 113 Å². The minimum atomic E-state index is 0.766. The van der Waals surface area contributed by atoms with Crippen molar-refractivity contribution in [2.45, 2.75) is 13.1 Å². The molecule has 0 spiro atoms. The predicted molar refractivity (Wildman–Crippen MR) is 73.7 cm³/mol. The van der Waals surface area contributed by atoms with Crippen LogP contribution in [0.25, 0.3) is 0 Å². The van der Waals surface area contributed by atoms with E-state index in [4.69, 9.17) is 5.26 Å². The van der Waals surface area contributed by atoms with Crippen LogP contribution in [0.5, 0.6) is 0 Å². The number of halogens is 1. The van der Waals surface area contributed by atoms with Crippen LogP contribution in [0.15, 0.2) is 40.9 Å². The van der Waals surface area contributed by atoms with Gasteiger partial charge in [-0.05, 0) is 23.8 Å². The van der Waals surface area contributed by atoms with Crippen LogP contribution in [0, 0.1) is 11.3 Å². The first kappa shape index (κ1) is 12.3. The first-order valence-electron chi connectivity index (χ1n) is 5.22. The Bertz CT molecular complexity index is 542. The molecule has 0 fully saturated rings. The summed E-state index contributed by atoms with van der Waals surface area (Å²) in [5.74, 6) is 0. The average Bonchev–Trinajstić information content (AvgIpc) is 2.80. The molecular weight excluding hydrogens is 296 g/mol. The highest BCUT2D eigenvalue weighted by Crippen LogP contribution is 2.17. The number of thiophene rings is 1. The quantitative estimate of drug-likeness (QED) is 0.935. The van der Waals surface area contributed by atoms with E-state index in [2.05, 4.69) is 33.4 Å². The largest absolute Gasteiger partial charge is 0.308 e. The molecule has 0 unspecified atom stereocenters. The summed E-state index contributed by atoms with van der Waals surface area (Å²) in [6.07, 6.45) is 0. The molecule has 0 aliphatic heterocycles. The molecule has 1 aromatic heterocycles. The highest BCUT2D eigenvalue weighted by Gasteiger charge is 2.00. The second-order valence-electron chi connectivity index (χ2n) is 3.57. The number of hydrogen-bond donors (Lipinski definition) is 1. The standard InChI is InChI=1S/C13H11BrN2S/c14-13-4-2-1-3-10(13)8-16-9-12-6-5-11(7-15)17-12/h1-6,16H,8-9H2. The minimum Gasteiger partial charge on any atom is -0.308 e. The fourth-order valence-electron chi connectivity index (χ4n) is 1.50. The van der Waals surface area contributed by atoms with Gasteiger partial charge < -0.3 is 5.32 Å². The first-order chi connectivity index (χ1) is 8.29. The van der Waals surface area contributed by atoms with Crippen LogP contribution < -0.4 is 5.32 Å². The van der Waals surface area contributed by atoms with E-state index in [1.54, 1.807) is 0 Å². The van der Waals surface area contributed by atoms with Crippen molar-refractivity contribution < 1.29 is 0 Å². The summed E-state index contributed by atoms with van der Waals surface area (Å²) in [7, 11) is 0. The summed E-state index contributed by atoms with van der Waals surface area (Å²) in [5.41, 5.74) is 1.24. The normalized spacial score (nSPS) is 10.1. The lowest BCUT2D eigenvalue weighted by atomic mass is 10.2. The van der Waals surface area contributed by atoms with Crippen LogP contribution in [0.3, 0.4) is 0 Å². The monoisotopic (exact) mass is 306 g/mol. The predicted octanol–water partition coefficient (Wildman–Crippen LogP) is 3.67. The fourth-order valence-corrected chi connectivity index (χ4v) is 2.69. The van der Waals surface area contributed by atoms with Crippen LogP contribution in [0.2, 0.25) is 0 Å². The Kier molecular flexibility index (Phi) is 4.32. The molecule has 17 heavy (non-hydrogen) atoms. The van der Waals surface area contributed by atoms with E-state index in [9.17, 15) is 0 Å². The number of nitriles is 1. The van der Waals surface area contributed by atoms with E-state index in [0.717, 1.165) is 22.4 Å². The number of benzene rings is 1. The van der Waals surface area contributed by atoms with Crippen LogP contribution in [-0.2, 0) is 13.1 Å². The first-order valence-corrected chi connectivity index (χ1v) is 6.83. The third-order valence-electron chi connectivity index (χ3n) is 2.34. The summed E-state index contributed by atoms with van der Waals surface area (Å²) in [6.45, 7) is 1.62. The molecule has 86 valence electrons. The second-order valence-corrected chi connectivity index (χ2v) is 5.60. The zero-order valence-electron chi connectivity index (χ0n) is 9.11. The van der Waals surface area contributed by atoms with Crippen LogP contribution in [-0.4, -0.2) is 0 Å². The summed E-state index contributed by atoms with van der Waals surface area (Å²) in [4.78, 5) is 1.95. The molecule has 1 aromatic carbocycles. The lowest BCUT2D eigenvalue weighted by molar-refractivity contribution is 0.699. The highest BCUT2D eigenvalue weighted by atomic mass is 79.9. The number of nitrogens with one attached hydrogen (secondary N) is 1. The third-order valence-corrected chi connectivity index (χ3v) is 4.11. The molecule has 2 rings (SSSR count). The van der Waals surface area contributed by atoms with Crippen molar-refractivity contribution >= 4 is 27.3 Å². The van der Waals surface area contributed by atoms with E-state index < -0.39 is 0 Å². The Morgan fingerprint density at radius 3 is 2.71 bits per heavy atom. The van der Waals surface area contributed by atoms with Gasteiger partial charge in [0.1, 0.15) is 10.9 Å². The summed E-state index contributed by atoms with van der Waals surface area (Å²) >= 11 is 5.05. The minimum absolute atomic E-state index is 0.766. The molecule has 0 saturated heterocycles. The molecular formula is C13H11BrN2S. The van der Waals surface area contributed by atoms with Crippen molar-refractivity contribution in [3.05, 3.63) is 56.2 Å². The maximum absolute atomic E-state index is 8.72. The van der Waals surface area contributed by atoms with Crippen LogP contribution in [0.4, 0.5) is 0 Å². The molecule has 2 aromatic rings. The van der Waals surface area contributed by atoms with Crippen molar-refractivity contribution in [2.24, 2.45) is 0 Å². The third kappa shape index (κ3) is 3.40. The molecule has 0 amide bonds. The van der Waals surface area contributed by atoms with Gasteiger partial charge >= 0.3 is 0 Å². The van der Waals surface area contributed by atoms with Gasteiger partial charge in [0.2, 0.25) is 0 Å². The van der Waals surface area contributed by atoms with E-state index in [0.29, 0.717) is 0 Å². The molecule has 1 heterocycles. The lowest BCUT2D eigenvalue weighted by Crippen LogP contribution is -2.11. The van der Waals surface area contributed by atoms with Gasteiger partial charge in [-0.3, -0.25) is 0 Å². The van der Waals surface area contributed by atoms with E-state index in [1.165, 1.54) is 21.8 Å². The molecule has 0 radical (unpaired) electrons. The topological polar surface area (TPSA) is 35.8 Å². The lowest BCUT2D eigenvalue weighted by Gasteiger charge is -2.05. The Hall–Kier alpha value is -1.15. The van der Waals surface area contributed by atoms with Gasteiger partial charge in [0.25, 0.3) is 0 Å². The second kappa shape index (κ2) is 5.97. The Morgan fingerprint density at radius 2 is 2.00 bits per heavy atom. The maximum Gasteiger partial charge on any atom is 0.110 e. The van der Waals surface area contributed by atoms with Gasteiger partial charge in [0, 0.05) is 22.4 Å². The van der Waals surface area contributed by atoms with Gasteiger partial charge in [-0.15, -0.1) is 11.3 Å². The maximum atomic E-state index is 8.72. The SMILES string of the molecule is N#Cc1ccc(CNCc2ccccc2Br)s1. The number of rotatable bonds is 4. The van der Waals surface area contributed by atoms with Crippen molar-refractivity contribution in [1.82, 2.24) is 5.32 Å². The van der Waals surface area contributed by atoms with E-state index in [-0.39, 0.29) is 0 Å². The van der Waals surface area contributed by atoms with Gasteiger partial charge in [0.15, 0.2) is 0 Å². The van der Waals surface area contributed by atoms with Crippen LogP contribution >= 0.6 is 27.3 Å². The van der Waals surface area contributed by atoms with Gasteiger partial charge in [-0.25, -0.2) is 0 Å². The Morgan fingerprint density at radius 1 is 1.18 bits per heavy atom. The van der Waals surface area contributed by atoms with Crippen molar-refractivity contribution in [3.63, 3.8) is 0 Å². The molecule has 0 atom stereocenters. The van der Waals surface area contributed by atoms with E-state index >= 15 is 0 Å². The number of hydrogen-bond acceptors (Lipinski definition) is 3. The molecule has 2 nitrogen and oxygen atoms in total. The molecule has 1 N–H and O–H groups in total. The summed E-state index contributed by atoms with van der Waals surface area (Å²) in [6, 6.07) is 14.2.